The number of hydrogen-bond acceptors (Lipinski definition) is 5. The lowest BCUT2D eigenvalue weighted by atomic mass is 9.84. The molecule has 1 aromatic carbocycles. The van der Waals surface area contributed by atoms with E-state index in [-0.39, 0.29) is 17.2 Å². The second kappa shape index (κ2) is 7.05. The van der Waals surface area contributed by atoms with Crippen LogP contribution in [0.2, 0.25) is 0 Å². The smallest absolute Gasteiger partial charge is 0.268 e. The van der Waals surface area contributed by atoms with Crippen LogP contribution in [0.3, 0.4) is 0 Å². The van der Waals surface area contributed by atoms with E-state index in [1.54, 1.807) is 30.5 Å². The highest BCUT2D eigenvalue weighted by Crippen LogP contribution is 2.41. The van der Waals surface area contributed by atoms with Crippen LogP contribution in [0.25, 0.3) is 11.3 Å². The third kappa shape index (κ3) is 2.93. The maximum Gasteiger partial charge on any atom is 0.268 e. The molecule has 0 saturated carbocycles. The number of aromatic nitrogens is 2. The summed E-state index contributed by atoms with van der Waals surface area (Å²) in [6, 6.07) is 12.5. The minimum atomic E-state index is -1.85. The first kappa shape index (κ1) is 18.7. The second-order valence-electron chi connectivity index (χ2n) is 6.64. The molecule has 2 N–H and O–H groups in total. The SMILES string of the molecule is CN1C(=O)C(c2cc(CF)ccn2)(c2cc(-c3ccccn3)ccc2F)N=C1N. The Morgan fingerprint density at radius 2 is 1.93 bits per heavy atom. The van der Waals surface area contributed by atoms with Crippen molar-refractivity contribution in [3.63, 3.8) is 0 Å². The molecule has 1 unspecified atom stereocenters. The van der Waals surface area contributed by atoms with Crippen LogP contribution in [0.4, 0.5) is 8.78 Å². The van der Waals surface area contributed by atoms with Crippen molar-refractivity contribution in [2.24, 2.45) is 10.7 Å². The summed E-state index contributed by atoms with van der Waals surface area (Å²) in [4.78, 5) is 27.2. The molecule has 6 nitrogen and oxygen atoms in total. The summed E-state index contributed by atoms with van der Waals surface area (Å²) in [5, 5.41) is 0. The molecule has 0 spiro atoms. The topological polar surface area (TPSA) is 84.5 Å². The van der Waals surface area contributed by atoms with Gasteiger partial charge in [0.25, 0.3) is 5.91 Å². The van der Waals surface area contributed by atoms with Gasteiger partial charge in [-0.3, -0.25) is 19.7 Å². The summed E-state index contributed by atoms with van der Waals surface area (Å²) >= 11 is 0. The van der Waals surface area contributed by atoms with Crippen molar-refractivity contribution in [1.82, 2.24) is 14.9 Å². The average Bonchev–Trinajstić information content (AvgIpc) is 2.99. The van der Waals surface area contributed by atoms with Crippen LogP contribution in [-0.2, 0) is 17.0 Å². The van der Waals surface area contributed by atoms with E-state index in [0.717, 1.165) is 4.90 Å². The third-order valence-electron chi connectivity index (χ3n) is 4.91. The minimum absolute atomic E-state index is 0.0264. The first-order chi connectivity index (χ1) is 14.0. The fraction of sp³-hybridized carbons (Fsp3) is 0.143. The van der Waals surface area contributed by atoms with Gasteiger partial charge in [-0.25, -0.2) is 13.8 Å². The van der Waals surface area contributed by atoms with Gasteiger partial charge in [-0.1, -0.05) is 6.07 Å². The monoisotopic (exact) mass is 393 g/mol. The molecule has 3 aromatic rings. The van der Waals surface area contributed by atoms with Crippen LogP contribution < -0.4 is 5.73 Å². The lowest BCUT2D eigenvalue weighted by Gasteiger charge is -2.26. The number of carbonyl (C=O) groups is 1. The molecule has 0 bridgehead atoms. The number of nitrogens with two attached hydrogens (primary N) is 1. The summed E-state index contributed by atoms with van der Waals surface area (Å²) in [5.74, 6) is -1.31. The predicted octanol–water partition coefficient (Wildman–Crippen LogP) is 2.78. The van der Waals surface area contributed by atoms with Gasteiger partial charge in [-0.05, 0) is 48.0 Å². The first-order valence-electron chi connectivity index (χ1n) is 8.83. The van der Waals surface area contributed by atoms with E-state index in [2.05, 4.69) is 15.0 Å². The lowest BCUT2D eigenvalue weighted by Crippen LogP contribution is -2.42. The first-order valence-corrected chi connectivity index (χ1v) is 8.83. The molecular formula is C21H17F2N5O. The van der Waals surface area contributed by atoms with E-state index in [4.69, 9.17) is 5.73 Å². The van der Waals surface area contributed by atoms with Gasteiger partial charge in [0, 0.05) is 30.6 Å². The highest BCUT2D eigenvalue weighted by atomic mass is 19.1. The van der Waals surface area contributed by atoms with Gasteiger partial charge in [-0.2, -0.15) is 0 Å². The van der Waals surface area contributed by atoms with Crippen LogP contribution >= 0.6 is 0 Å². The fourth-order valence-corrected chi connectivity index (χ4v) is 3.37. The van der Waals surface area contributed by atoms with E-state index in [1.807, 2.05) is 0 Å². The summed E-state index contributed by atoms with van der Waals surface area (Å²) in [7, 11) is 1.45. The van der Waals surface area contributed by atoms with Gasteiger partial charge >= 0.3 is 0 Å². The van der Waals surface area contributed by atoms with Crippen molar-refractivity contribution in [2.45, 2.75) is 12.2 Å². The number of rotatable bonds is 4. The summed E-state index contributed by atoms with van der Waals surface area (Å²) < 4.78 is 28.3. The van der Waals surface area contributed by atoms with Crippen LogP contribution in [0.5, 0.6) is 0 Å². The number of benzene rings is 1. The van der Waals surface area contributed by atoms with Gasteiger partial charge in [-0.15, -0.1) is 0 Å². The largest absolute Gasteiger partial charge is 0.369 e. The summed E-state index contributed by atoms with van der Waals surface area (Å²) in [5.41, 5.74) is 5.63. The molecule has 1 aliphatic heterocycles. The lowest BCUT2D eigenvalue weighted by molar-refractivity contribution is -0.129. The van der Waals surface area contributed by atoms with E-state index in [1.165, 1.54) is 37.5 Å². The molecule has 0 radical (unpaired) electrons. The molecule has 8 heteroatoms. The summed E-state index contributed by atoms with van der Waals surface area (Å²) in [6.07, 6.45) is 2.98. The second-order valence-corrected chi connectivity index (χ2v) is 6.64. The number of halogens is 2. The van der Waals surface area contributed by atoms with Crippen LogP contribution in [0.15, 0.2) is 65.9 Å². The number of aliphatic imine (C=N–C) groups is 1. The molecule has 1 aliphatic rings. The van der Waals surface area contributed by atoms with E-state index in [9.17, 15) is 9.18 Å². The molecule has 29 heavy (non-hydrogen) atoms. The molecule has 3 heterocycles. The van der Waals surface area contributed by atoms with Crippen molar-refractivity contribution in [3.05, 3.63) is 83.6 Å². The molecule has 146 valence electrons. The molecular weight excluding hydrogens is 376 g/mol. The Morgan fingerprint density at radius 1 is 1.10 bits per heavy atom. The van der Waals surface area contributed by atoms with E-state index >= 15 is 4.39 Å². The maximum absolute atomic E-state index is 15.1. The van der Waals surface area contributed by atoms with Gasteiger partial charge < -0.3 is 5.73 Å². The number of amides is 1. The number of hydrogen-bond donors (Lipinski definition) is 1. The Hall–Kier alpha value is -3.68. The molecule has 1 amide bonds. The quantitative estimate of drug-likeness (QED) is 0.739. The zero-order valence-corrected chi connectivity index (χ0v) is 15.5. The van der Waals surface area contributed by atoms with Gasteiger partial charge in [0.2, 0.25) is 5.54 Å². The Labute approximate surface area is 165 Å². The van der Waals surface area contributed by atoms with Crippen molar-refractivity contribution >= 4 is 11.9 Å². The third-order valence-corrected chi connectivity index (χ3v) is 4.91. The molecule has 1 atom stereocenters. The van der Waals surface area contributed by atoms with Crippen molar-refractivity contribution < 1.29 is 13.6 Å². The average molecular weight is 393 g/mol. The van der Waals surface area contributed by atoms with Gasteiger partial charge in [0.15, 0.2) is 5.96 Å². The van der Waals surface area contributed by atoms with Crippen LogP contribution in [-0.4, -0.2) is 33.8 Å². The number of carbonyl (C=O) groups excluding carboxylic acids is 1. The number of likely N-dealkylation sites (N-methyl/N-ethyl adjacent to an activating group) is 1. The zero-order valence-electron chi connectivity index (χ0n) is 15.5. The van der Waals surface area contributed by atoms with Crippen molar-refractivity contribution in [3.8, 4) is 11.3 Å². The summed E-state index contributed by atoms with van der Waals surface area (Å²) in [6.45, 7) is -0.759. The Morgan fingerprint density at radius 3 is 2.59 bits per heavy atom. The number of pyridine rings is 2. The van der Waals surface area contributed by atoms with Crippen molar-refractivity contribution in [1.29, 1.82) is 0 Å². The zero-order chi connectivity index (χ0) is 20.6. The Balaban J connectivity index is 2.00. The van der Waals surface area contributed by atoms with Crippen LogP contribution in [0.1, 0.15) is 16.8 Å². The van der Waals surface area contributed by atoms with Crippen molar-refractivity contribution in [2.75, 3.05) is 7.05 Å². The maximum atomic E-state index is 15.1. The normalized spacial score (nSPS) is 18.8. The minimum Gasteiger partial charge on any atom is -0.369 e. The molecule has 0 fully saturated rings. The fourth-order valence-electron chi connectivity index (χ4n) is 3.37. The molecule has 0 saturated heterocycles. The van der Waals surface area contributed by atoms with Gasteiger partial charge in [0.1, 0.15) is 12.5 Å². The highest BCUT2D eigenvalue weighted by Gasteiger charge is 2.52. The molecule has 4 rings (SSSR count). The number of guanidine groups is 1. The molecule has 0 aliphatic carbocycles. The number of alkyl halides is 1. The Kier molecular flexibility index (Phi) is 4.54. The van der Waals surface area contributed by atoms with E-state index < -0.39 is 23.9 Å². The highest BCUT2D eigenvalue weighted by molar-refractivity contribution is 6.08. The van der Waals surface area contributed by atoms with Crippen LogP contribution in [0, 0.1) is 5.82 Å². The van der Waals surface area contributed by atoms with E-state index in [0.29, 0.717) is 16.8 Å². The Bertz CT molecular complexity index is 1120. The molecule has 2 aromatic heterocycles. The standard InChI is InChI=1S/C21H17F2N5O/c1-28-19(29)21(27-20(28)24,18-10-13(12-22)7-9-26-18)15-11-14(5-6-16(15)23)17-4-2-3-8-25-17/h2-11H,12H2,1H3,(H2,24,27). The predicted molar refractivity (Wildman–Crippen MR) is 104 cm³/mol. The number of nitrogens with zero attached hydrogens (tertiary/aromatic N) is 4. The van der Waals surface area contributed by atoms with Gasteiger partial charge in [0.05, 0.1) is 11.4 Å².